The molecule has 0 unspecified atom stereocenters. The first-order chi connectivity index (χ1) is 33.0. The highest BCUT2D eigenvalue weighted by molar-refractivity contribution is 5.92. The topological polar surface area (TPSA) is 136 Å². The van der Waals surface area contributed by atoms with E-state index in [4.69, 9.17) is 33.2 Å². The number of carbonyl (C=O) groups is 4. The Morgan fingerprint density at radius 2 is 0.809 bits per heavy atom. The predicted octanol–water partition coefficient (Wildman–Crippen LogP) is 11.9. The van der Waals surface area contributed by atoms with E-state index in [-0.39, 0.29) is 49.1 Å². The number of hydrogen-bond donors (Lipinski definition) is 0. The molecule has 12 heteroatoms. The van der Waals surface area contributed by atoms with Crippen molar-refractivity contribution in [3.8, 4) is 23.0 Å². The average Bonchev–Trinajstić information content (AvgIpc) is 3.35. The van der Waals surface area contributed by atoms with Gasteiger partial charge in [0.25, 0.3) is 0 Å². The summed E-state index contributed by atoms with van der Waals surface area (Å²) in [5.41, 5.74) is 9.82. The summed E-state index contributed by atoms with van der Waals surface area (Å²) in [5.74, 6) is -0.129. The molecule has 0 aliphatic heterocycles. The van der Waals surface area contributed by atoms with Crippen LogP contribution in [-0.2, 0) is 19.0 Å². The number of ether oxygens (including phenoxy) is 7. The molecule has 0 saturated heterocycles. The van der Waals surface area contributed by atoms with Crippen LogP contribution >= 0.6 is 0 Å². The van der Waals surface area contributed by atoms with Crippen molar-refractivity contribution < 1.29 is 52.3 Å². The van der Waals surface area contributed by atoms with Crippen molar-refractivity contribution in [2.75, 3.05) is 38.4 Å². The summed E-state index contributed by atoms with van der Waals surface area (Å²) < 4.78 is 37.1. The van der Waals surface area contributed by atoms with Gasteiger partial charge in [-0.25, -0.2) is 14.4 Å². The lowest BCUT2D eigenvalue weighted by atomic mass is 9.95. The third-order valence-corrected chi connectivity index (χ3v) is 10.4. The summed E-state index contributed by atoms with van der Waals surface area (Å²) in [7, 11) is 1.63. The zero-order valence-corrected chi connectivity index (χ0v) is 38.0. The second kappa shape index (κ2) is 23.1. The van der Waals surface area contributed by atoms with E-state index >= 15 is 0 Å². The van der Waals surface area contributed by atoms with Crippen LogP contribution in [0.5, 0.6) is 23.0 Å². The van der Waals surface area contributed by atoms with Crippen molar-refractivity contribution in [1.82, 2.24) is 0 Å². The van der Waals surface area contributed by atoms with E-state index in [2.05, 4.69) is 97.6 Å². The van der Waals surface area contributed by atoms with E-state index in [0.29, 0.717) is 5.75 Å². The highest BCUT2D eigenvalue weighted by atomic mass is 16.7. The maximum atomic E-state index is 12.8. The molecule has 0 aromatic heterocycles. The standard InChI is InChI=1S/C56H49NO11/c1-38-5-19-46(20-6-38)57(47-21-7-39(2)8-22-47)48-23-9-41(10-24-48)37-53(42-11-25-49(62-4)26-12-42)43-13-27-51(28-14-43)67-56(61)68-52-31-17-45(18-32-52)55(60)65-36-34-63-33-35-64-54(59)44-15-29-50(30-16-44)66-40(3)58/h5-32,37H,33-36H2,1-4H3. The molecule has 0 N–H and O–H groups in total. The quantitative estimate of drug-likeness (QED) is 0.0266. The molecule has 7 rings (SSSR count). The summed E-state index contributed by atoms with van der Waals surface area (Å²) in [6, 6.07) is 52.2. The van der Waals surface area contributed by atoms with E-state index in [1.807, 2.05) is 36.4 Å². The lowest BCUT2D eigenvalue weighted by Gasteiger charge is -2.26. The molecule has 0 spiro atoms. The Kier molecular flexibility index (Phi) is 16.1. The lowest BCUT2D eigenvalue weighted by Crippen LogP contribution is -2.15. The van der Waals surface area contributed by atoms with Crippen molar-refractivity contribution in [3.63, 3.8) is 0 Å². The molecule has 0 atom stereocenters. The van der Waals surface area contributed by atoms with Crippen LogP contribution in [0, 0.1) is 13.8 Å². The van der Waals surface area contributed by atoms with Gasteiger partial charge < -0.3 is 38.1 Å². The molecule has 0 amide bonds. The summed E-state index contributed by atoms with van der Waals surface area (Å²) >= 11 is 0. The van der Waals surface area contributed by atoms with Gasteiger partial charge in [0.1, 0.15) is 36.2 Å². The first kappa shape index (κ1) is 47.5. The molecule has 0 aliphatic rings. The minimum absolute atomic E-state index is 0.0161. The average molecular weight is 912 g/mol. The van der Waals surface area contributed by atoms with Gasteiger partial charge in [0.15, 0.2) is 0 Å². The number of nitrogens with zero attached hydrogens (tertiary/aromatic N) is 1. The number of esters is 3. The molecule has 344 valence electrons. The molecule has 7 aromatic rings. The predicted molar refractivity (Wildman–Crippen MR) is 259 cm³/mol. The number of benzene rings is 7. The van der Waals surface area contributed by atoms with Crippen molar-refractivity contribution in [2.24, 2.45) is 0 Å². The van der Waals surface area contributed by atoms with E-state index in [0.717, 1.165) is 45.1 Å². The van der Waals surface area contributed by atoms with Crippen LogP contribution < -0.4 is 23.8 Å². The van der Waals surface area contributed by atoms with Gasteiger partial charge in [-0.05, 0) is 151 Å². The molecule has 0 fully saturated rings. The molecule has 7 aromatic carbocycles. The van der Waals surface area contributed by atoms with E-state index < -0.39 is 24.1 Å². The Morgan fingerprint density at radius 1 is 0.441 bits per heavy atom. The van der Waals surface area contributed by atoms with Crippen LogP contribution in [0.2, 0.25) is 0 Å². The van der Waals surface area contributed by atoms with E-state index in [1.54, 1.807) is 19.2 Å². The fraction of sp³-hybridized carbons (Fsp3) is 0.143. The van der Waals surface area contributed by atoms with Crippen molar-refractivity contribution in [1.29, 1.82) is 0 Å². The second-order valence-electron chi connectivity index (χ2n) is 15.4. The van der Waals surface area contributed by atoms with Crippen LogP contribution in [0.1, 0.15) is 55.5 Å². The first-order valence-corrected chi connectivity index (χ1v) is 21.7. The molecular formula is C56H49NO11. The summed E-state index contributed by atoms with van der Waals surface area (Å²) in [6.45, 7) is 5.55. The fourth-order valence-electron chi connectivity index (χ4n) is 6.88. The Morgan fingerprint density at radius 3 is 1.21 bits per heavy atom. The zero-order chi connectivity index (χ0) is 47.8. The number of aryl methyl sites for hydroxylation is 2. The fourth-order valence-corrected chi connectivity index (χ4v) is 6.88. The zero-order valence-electron chi connectivity index (χ0n) is 38.0. The molecule has 0 bridgehead atoms. The third-order valence-electron chi connectivity index (χ3n) is 10.4. The molecular weight excluding hydrogens is 863 g/mol. The number of carbonyl (C=O) groups excluding carboxylic acids is 4. The Bertz CT molecular complexity index is 2780. The second-order valence-corrected chi connectivity index (χ2v) is 15.4. The minimum Gasteiger partial charge on any atom is -0.497 e. The van der Waals surface area contributed by atoms with Crippen LogP contribution in [0.3, 0.4) is 0 Å². The molecule has 0 saturated carbocycles. The maximum Gasteiger partial charge on any atom is 0.519 e. The van der Waals surface area contributed by atoms with Gasteiger partial charge in [-0.15, -0.1) is 0 Å². The van der Waals surface area contributed by atoms with Gasteiger partial charge in [0.05, 0.1) is 31.5 Å². The minimum atomic E-state index is -0.954. The van der Waals surface area contributed by atoms with Crippen LogP contribution in [0.15, 0.2) is 170 Å². The van der Waals surface area contributed by atoms with Gasteiger partial charge in [-0.3, -0.25) is 4.79 Å². The monoisotopic (exact) mass is 911 g/mol. The van der Waals surface area contributed by atoms with Crippen LogP contribution in [-0.4, -0.2) is 57.6 Å². The molecule has 0 heterocycles. The number of rotatable bonds is 18. The summed E-state index contributed by atoms with van der Waals surface area (Å²) in [6.07, 6.45) is 1.16. The summed E-state index contributed by atoms with van der Waals surface area (Å²) in [4.78, 5) is 50.9. The van der Waals surface area contributed by atoms with Crippen LogP contribution in [0.4, 0.5) is 21.9 Å². The SMILES string of the molecule is COc1ccc(C(=Cc2ccc(N(c3ccc(C)cc3)c3ccc(C)cc3)cc2)c2ccc(OC(=O)Oc3ccc(C(=O)OCCOCCOC(=O)c4ccc(OC(C)=O)cc4)cc3)cc2)cc1. The van der Waals surface area contributed by atoms with Crippen molar-refractivity contribution >= 4 is 52.8 Å². The Labute approximate surface area is 394 Å². The lowest BCUT2D eigenvalue weighted by molar-refractivity contribution is -0.131. The van der Waals surface area contributed by atoms with Gasteiger partial charge in [-0.1, -0.05) is 71.8 Å². The third kappa shape index (κ3) is 13.3. The molecule has 12 nitrogen and oxygen atoms in total. The highest BCUT2D eigenvalue weighted by Crippen LogP contribution is 2.36. The van der Waals surface area contributed by atoms with Crippen molar-refractivity contribution in [3.05, 3.63) is 209 Å². The number of methoxy groups -OCH3 is 1. The first-order valence-electron chi connectivity index (χ1n) is 21.7. The molecule has 68 heavy (non-hydrogen) atoms. The molecule has 0 radical (unpaired) electrons. The number of anilines is 3. The van der Waals surface area contributed by atoms with E-state index in [9.17, 15) is 19.2 Å². The van der Waals surface area contributed by atoms with Gasteiger partial charge in [0, 0.05) is 24.0 Å². The maximum absolute atomic E-state index is 12.8. The highest BCUT2D eigenvalue weighted by Gasteiger charge is 2.15. The number of hydrogen-bond acceptors (Lipinski definition) is 12. The Hall–Kier alpha value is -8.48. The van der Waals surface area contributed by atoms with Gasteiger partial charge in [0.2, 0.25) is 0 Å². The largest absolute Gasteiger partial charge is 0.519 e. The smallest absolute Gasteiger partial charge is 0.497 e. The normalized spacial score (nSPS) is 11.0. The van der Waals surface area contributed by atoms with E-state index in [1.165, 1.54) is 66.6 Å². The Balaban J connectivity index is 0.918. The van der Waals surface area contributed by atoms with Crippen LogP contribution in [0.25, 0.3) is 11.6 Å². The van der Waals surface area contributed by atoms with Crippen molar-refractivity contribution in [2.45, 2.75) is 20.8 Å². The summed E-state index contributed by atoms with van der Waals surface area (Å²) in [5, 5.41) is 0. The van der Waals surface area contributed by atoms with Gasteiger partial charge >= 0.3 is 24.1 Å². The van der Waals surface area contributed by atoms with Gasteiger partial charge in [-0.2, -0.15) is 0 Å². The molecule has 0 aliphatic carbocycles.